The number of aromatic nitrogens is 1. The van der Waals surface area contributed by atoms with Crippen LogP contribution >= 0.6 is 39.0 Å². The van der Waals surface area contributed by atoms with Crippen LogP contribution in [0.1, 0.15) is 22.8 Å². The monoisotopic (exact) mass is 811 g/mol. The number of nitrogens with zero attached hydrogens (tertiary/aromatic N) is 2. The number of benzene rings is 3. The molecule has 2 aliphatic heterocycles. The van der Waals surface area contributed by atoms with E-state index in [0.717, 1.165) is 26.3 Å². The number of halogens is 1. The van der Waals surface area contributed by atoms with E-state index >= 15 is 0 Å². The fourth-order valence-corrected chi connectivity index (χ4v) is 12.1. The predicted molar refractivity (Wildman–Crippen MR) is 190 cm³/mol. The van der Waals surface area contributed by atoms with Crippen LogP contribution in [-0.2, 0) is 24.4 Å². The molecule has 1 saturated heterocycles. The number of thiazole rings is 1. The summed E-state index contributed by atoms with van der Waals surface area (Å²) in [6.45, 7) is -0.384. The van der Waals surface area contributed by atoms with Gasteiger partial charge in [0.2, 0.25) is 21.8 Å². The molecule has 3 amide bonds. The van der Waals surface area contributed by atoms with E-state index in [1.165, 1.54) is 65.2 Å². The second-order valence-electron chi connectivity index (χ2n) is 12.8. The summed E-state index contributed by atoms with van der Waals surface area (Å²) in [6, 6.07) is 16.2. The van der Waals surface area contributed by atoms with Gasteiger partial charge in [-0.2, -0.15) is 0 Å². The molecule has 51 heavy (non-hydrogen) atoms. The number of amides is 3. The van der Waals surface area contributed by atoms with Crippen molar-refractivity contribution in [2.24, 2.45) is 34.7 Å². The van der Waals surface area contributed by atoms with Crippen molar-refractivity contribution < 1.29 is 32.5 Å². The molecule has 4 unspecified atom stereocenters. The maximum atomic E-state index is 14.1. The molecule has 1 aromatic heterocycles. The van der Waals surface area contributed by atoms with Gasteiger partial charge in [-0.15, -0.1) is 11.8 Å². The Morgan fingerprint density at radius 1 is 1.04 bits per heavy atom. The van der Waals surface area contributed by atoms with Crippen molar-refractivity contribution in [3.8, 4) is 5.75 Å². The van der Waals surface area contributed by atoms with Gasteiger partial charge >= 0.3 is 4.87 Å². The van der Waals surface area contributed by atoms with Crippen molar-refractivity contribution in [1.29, 1.82) is 0 Å². The highest BCUT2D eigenvalue weighted by Gasteiger charge is 2.70. The first kappa shape index (κ1) is 33.8. The highest BCUT2D eigenvalue weighted by molar-refractivity contribution is 9.10. The quantitative estimate of drug-likeness (QED) is 0.129. The molecule has 14 nitrogen and oxygen atoms in total. The van der Waals surface area contributed by atoms with E-state index in [1.807, 2.05) is 6.07 Å². The number of rotatable bonds is 8. The number of anilines is 2. The summed E-state index contributed by atoms with van der Waals surface area (Å²) >= 11 is 6.19. The first-order valence-corrected chi connectivity index (χ1v) is 19.7. The van der Waals surface area contributed by atoms with E-state index in [9.17, 15) is 37.7 Å². The predicted octanol–water partition coefficient (Wildman–Crippen LogP) is 4.45. The number of nitrogens with two attached hydrogens (primary N) is 1. The van der Waals surface area contributed by atoms with E-state index in [1.54, 1.807) is 12.1 Å². The number of nitro benzene ring substituents is 1. The van der Waals surface area contributed by atoms with Crippen LogP contribution < -0.4 is 25.0 Å². The Balaban J connectivity index is 1.10. The minimum atomic E-state index is -3.89. The first-order chi connectivity index (χ1) is 24.3. The second kappa shape index (κ2) is 12.4. The van der Waals surface area contributed by atoms with Crippen LogP contribution in [0.2, 0.25) is 0 Å². The van der Waals surface area contributed by atoms with Gasteiger partial charge in [0.15, 0.2) is 6.61 Å². The Kier molecular flexibility index (Phi) is 8.21. The molecular weight excluding hydrogens is 786 g/mol. The van der Waals surface area contributed by atoms with Crippen LogP contribution in [0.25, 0.3) is 0 Å². The van der Waals surface area contributed by atoms with Crippen molar-refractivity contribution in [2.45, 2.75) is 27.5 Å². The zero-order chi connectivity index (χ0) is 35.9. The second-order valence-corrected chi connectivity index (χ2v) is 17.5. The Labute approximate surface area is 306 Å². The standard InChI is InChI=1S/C33H26BrN5O9S3/c34-14-1-10-22(48-13-23(40)36-15-2-8-18(9-3-15)51(35,46)47)19(11-14)24-25-20-12-21(28(25)49-30-29(24)50-33(43)37-30)27-26(20)31(41)38(32(27)42)16-4-6-17(7-5-16)39(44)45/h1-11,20-21,24-28H,12-13H2,(H,36,40)(H,37,43)(H2,35,46,47)/t20-,21-,24-,25?,26?,27?,28?/m1/s1. The molecule has 3 fully saturated rings. The Morgan fingerprint density at radius 2 is 1.73 bits per heavy atom. The highest BCUT2D eigenvalue weighted by Crippen LogP contribution is 2.69. The number of thioether (sulfide) groups is 1. The van der Waals surface area contributed by atoms with E-state index < -0.39 is 38.6 Å². The van der Waals surface area contributed by atoms with Crippen molar-refractivity contribution >= 4 is 83.8 Å². The summed E-state index contributed by atoms with van der Waals surface area (Å²) < 4.78 is 30.0. The molecule has 2 aliphatic carbocycles. The number of nitro groups is 1. The van der Waals surface area contributed by atoms with Crippen molar-refractivity contribution in [2.75, 3.05) is 16.8 Å². The lowest BCUT2D eigenvalue weighted by Gasteiger charge is -2.43. The molecule has 0 radical (unpaired) electrons. The molecular formula is C33H26BrN5O9S3. The van der Waals surface area contributed by atoms with Crippen molar-refractivity contribution in [1.82, 2.24) is 4.98 Å². The van der Waals surface area contributed by atoms with Gasteiger partial charge < -0.3 is 15.0 Å². The summed E-state index contributed by atoms with van der Waals surface area (Å²) in [7, 11) is -3.89. The Hall–Kier alpha value is -4.36. The minimum Gasteiger partial charge on any atom is -0.483 e. The lowest BCUT2D eigenvalue weighted by molar-refractivity contribution is -0.384. The lowest BCUT2D eigenvalue weighted by atomic mass is 9.68. The summed E-state index contributed by atoms with van der Waals surface area (Å²) in [6.07, 6.45) is 0.649. The maximum Gasteiger partial charge on any atom is 0.305 e. The first-order valence-electron chi connectivity index (χ1n) is 15.7. The number of aromatic amines is 1. The van der Waals surface area contributed by atoms with Gasteiger partial charge in [-0.25, -0.2) is 13.6 Å². The van der Waals surface area contributed by atoms with Crippen molar-refractivity contribution in [3.63, 3.8) is 0 Å². The Morgan fingerprint density at radius 3 is 2.39 bits per heavy atom. The fraction of sp³-hybridized carbons (Fsp3) is 0.273. The van der Waals surface area contributed by atoms with Crippen molar-refractivity contribution in [3.05, 3.63) is 101 Å². The van der Waals surface area contributed by atoms with Crippen LogP contribution in [0, 0.1) is 39.7 Å². The third kappa shape index (κ3) is 5.69. The molecule has 0 spiro atoms. The number of carbonyl (C=O) groups excluding carboxylic acids is 3. The number of nitrogens with one attached hydrogen (secondary N) is 2. The van der Waals surface area contributed by atoms with Gasteiger partial charge in [0, 0.05) is 43.9 Å². The van der Waals surface area contributed by atoms with E-state index in [4.69, 9.17) is 9.88 Å². The maximum absolute atomic E-state index is 14.1. The average Bonchev–Trinajstić information content (AvgIpc) is 3.82. The number of hydrogen-bond donors (Lipinski definition) is 3. The van der Waals surface area contributed by atoms with Gasteiger partial charge in [0.1, 0.15) is 5.75 Å². The zero-order valence-corrected chi connectivity index (χ0v) is 30.1. The largest absolute Gasteiger partial charge is 0.483 e. The smallest absolute Gasteiger partial charge is 0.305 e. The van der Waals surface area contributed by atoms with E-state index in [0.29, 0.717) is 28.6 Å². The fourth-order valence-electron chi connectivity index (χ4n) is 8.31. The number of fused-ring (bicyclic) bond motifs is 9. The van der Waals surface area contributed by atoms with Gasteiger partial charge in [-0.3, -0.25) is 34.2 Å². The SMILES string of the molecule is NS(=O)(=O)c1ccc(NC(=O)COc2ccc(Br)cc2[C@H]2c3sc(=O)[nH]c3SC3C2[C@H]2C[C@@H]3C3C(=O)N(c4ccc([N+](=O)[O-])cc4)C(=O)C32)cc1. The molecule has 2 bridgehead atoms. The van der Waals surface area contributed by atoms with Crippen LogP contribution in [0.3, 0.4) is 0 Å². The topological polar surface area (TPSA) is 212 Å². The number of sulfonamides is 1. The molecule has 3 heterocycles. The van der Waals surface area contributed by atoms with Crippen LogP contribution in [0.15, 0.2) is 85.9 Å². The highest BCUT2D eigenvalue weighted by atomic mass is 79.9. The normalized spacial score (nSPS) is 26.1. The molecule has 4 N–H and O–H groups in total. The number of imide groups is 1. The summed E-state index contributed by atoms with van der Waals surface area (Å²) in [5, 5.41) is 19.6. The van der Waals surface area contributed by atoms with Crippen LogP contribution in [0.5, 0.6) is 5.75 Å². The molecule has 18 heteroatoms. The summed E-state index contributed by atoms with van der Waals surface area (Å²) in [4.78, 5) is 69.0. The number of non-ortho nitro benzene ring substituents is 1. The lowest BCUT2D eigenvalue weighted by Crippen LogP contribution is -2.42. The summed E-state index contributed by atoms with van der Waals surface area (Å²) in [5.74, 6) is -2.81. The number of carbonyl (C=O) groups is 3. The van der Waals surface area contributed by atoms with Gasteiger partial charge in [-0.05, 0) is 78.8 Å². The Bertz CT molecular complexity index is 2310. The molecule has 2 saturated carbocycles. The molecule has 4 aliphatic rings. The minimum absolute atomic E-state index is 0.0960. The number of ether oxygens (including phenoxy) is 1. The molecule has 7 atom stereocenters. The summed E-state index contributed by atoms with van der Waals surface area (Å²) in [5.41, 5.74) is 1.21. The van der Waals surface area contributed by atoms with E-state index in [-0.39, 0.29) is 56.9 Å². The third-order valence-corrected chi connectivity index (χ3v) is 14.2. The van der Waals surface area contributed by atoms with Crippen LogP contribution in [0.4, 0.5) is 17.1 Å². The van der Waals surface area contributed by atoms with E-state index in [2.05, 4.69) is 26.2 Å². The molecule has 262 valence electrons. The molecule has 3 aromatic carbocycles. The zero-order valence-electron chi connectivity index (χ0n) is 26.1. The third-order valence-electron chi connectivity index (χ3n) is 10.2. The number of H-pyrrole nitrogens is 1. The molecule has 8 rings (SSSR count). The van der Waals surface area contributed by atoms with Gasteiger partial charge in [-0.1, -0.05) is 27.3 Å². The van der Waals surface area contributed by atoms with Gasteiger partial charge in [0.25, 0.3) is 11.6 Å². The number of primary sulfonamides is 1. The number of hydrogen-bond acceptors (Lipinski definition) is 11. The molecule has 4 aromatic rings. The van der Waals surface area contributed by atoms with Gasteiger partial charge in [0.05, 0.1) is 32.4 Å². The van der Waals surface area contributed by atoms with Crippen LogP contribution in [-0.4, -0.2) is 47.9 Å². The average molecular weight is 813 g/mol.